The number of carbonyl (C=O) groups is 2. The summed E-state index contributed by atoms with van der Waals surface area (Å²) in [7, 11) is 2.77. The lowest BCUT2D eigenvalue weighted by Gasteiger charge is -2.16. The van der Waals surface area contributed by atoms with Crippen LogP contribution in [0.3, 0.4) is 0 Å². The molecule has 0 saturated carbocycles. The Labute approximate surface area is 179 Å². The van der Waals surface area contributed by atoms with Gasteiger partial charge in [0, 0.05) is 13.6 Å². The summed E-state index contributed by atoms with van der Waals surface area (Å²) in [6, 6.07) is 6.96. The summed E-state index contributed by atoms with van der Waals surface area (Å²) in [4.78, 5) is 49.2. The number of nitrogens with two attached hydrogens (primary N) is 1. The number of nitrogen functional groups attached to an aromatic ring is 1. The van der Waals surface area contributed by atoms with E-state index in [2.05, 4.69) is 0 Å². The molecule has 1 heterocycles. The summed E-state index contributed by atoms with van der Waals surface area (Å²) in [5.41, 5.74) is 4.12. The highest BCUT2D eigenvalue weighted by Gasteiger charge is 2.23. The molecule has 2 rings (SSSR count). The van der Waals surface area contributed by atoms with E-state index in [1.54, 1.807) is 24.3 Å². The van der Waals surface area contributed by atoms with E-state index in [0.29, 0.717) is 11.5 Å². The molecule has 168 valence electrons. The first-order valence-corrected chi connectivity index (χ1v) is 9.71. The van der Waals surface area contributed by atoms with Gasteiger partial charge in [0.15, 0.2) is 18.1 Å². The van der Waals surface area contributed by atoms with Gasteiger partial charge in [-0.15, -0.1) is 0 Å². The maximum Gasteiger partial charge on any atom is 0.332 e. The number of para-hydroxylation sites is 2. The molecule has 0 amide bonds. The predicted molar refractivity (Wildman–Crippen MR) is 114 cm³/mol. The number of anilines is 1. The minimum absolute atomic E-state index is 0.0105. The minimum atomic E-state index is -0.830. The van der Waals surface area contributed by atoms with Gasteiger partial charge in [0.25, 0.3) is 5.56 Å². The molecule has 2 aromatic rings. The van der Waals surface area contributed by atoms with Gasteiger partial charge < -0.3 is 19.9 Å². The number of hydrogen-bond donors (Lipinski definition) is 1. The first-order valence-electron chi connectivity index (χ1n) is 9.71. The van der Waals surface area contributed by atoms with Crippen molar-refractivity contribution in [2.75, 3.05) is 26.1 Å². The van der Waals surface area contributed by atoms with Crippen LogP contribution >= 0.6 is 0 Å². The number of carbonyl (C=O) groups excluding carboxylic acids is 2. The van der Waals surface area contributed by atoms with Gasteiger partial charge in [0.05, 0.1) is 20.1 Å². The van der Waals surface area contributed by atoms with Crippen LogP contribution in [0.25, 0.3) is 0 Å². The van der Waals surface area contributed by atoms with Crippen LogP contribution in [0.1, 0.15) is 30.6 Å². The fourth-order valence-electron chi connectivity index (χ4n) is 2.86. The topological polar surface area (TPSA) is 132 Å². The van der Waals surface area contributed by atoms with E-state index in [0.717, 1.165) is 4.57 Å². The zero-order chi connectivity index (χ0) is 23.1. The third kappa shape index (κ3) is 5.74. The second kappa shape index (κ2) is 10.5. The van der Waals surface area contributed by atoms with Crippen LogP contribution in [0.5, 0.6) is 11.5 Å². The molecule has 10 heteroatoms. The van der Waals surface area contributed by atoms with Crippen molar-refractivity contribution in [1.82, 2.24) is 9.13 Å². The molecule has 31 heavy (non-hydrogen) atoms. The van der Waals surface area contributed by atoms with Crippen LogP contribution in [0.15, 0.2) is 33.9 Å². The van der Waals surface area contributed by atoms with Crippen molar-refractivity contribution in [2.45, 2.75) is 26.8 Å². The van der Waals surface area contributed by atoms with Crippen LogP contribution in [0.4, 0.5) is 5.82 Å². The molecule has 0 radical (unpaired) electrons. The maximum atomic E-state index is 12.5. The van der Waals surface area contributed by atoms with E-state index >= 15 is 0 Å². The third-order valence-electron chi connectivity index (χ3n) is 4.41. The van der Waals surface area contributed by atoms with Crippen molar-refractivity contribution in [3.8, 4) is 11.5 Å². The van der Waals surface area contributed by atoms with Crippen molar-refractivity contribution in [3.05, 3.63) is 50.7 Å². The molecule has 2 N–H and O–H groups in total. The smallest absolute Gasteiger partial charge is 0.332 e. The van der Waals surface area contributed by atoms with Crippen LogP contribution in [0.2, 0.25) is 0 Å². The largest absolute Gasteiger partial charge is 0.493 e. The molecule has 0 aliphatic heterocycles. The molecular formula is C21H27N3O7. The molecule has 0 aliphatic rings. The molecule has 1 aromatic carbocycles. The molecule has 0 aliphatic carbocycles. The second-order valence-corrected chi connectivity index (χ2v) is 7.24. The lowest BCUT2D eigenvalue weighted by Crippen LogP contribution is -2.43. The fraction of sp³-hybridized carbons (Fsp3) is 0.429. The molecule has 0 fully saturated rings. The van der Waals surface area contributed by atoms with Crippen molar-refractivity contribution >= 4 is 17.6 Å². The number of ether oxygens (including phenoxy) is 3. The highest BCUT2D eigenvalue weighted by molar-refractivity contribution is 6.01. The quantitative estimate of drug-likeness (QED) is 0.433. The number of ketones is 1. The molecule has 10 nitrogen and oxygen atoms in total. The Morgan fingerprint density at radius 1 is 1.13 bits per heavy atom. The molecule has 0 spiro atoms. The highest BCUT2D eigenvalue weighted by atomic mass is 16.5. The lowest BCUT2D eigenvalue weighted by molar-refractivity contribution is -0.143. The van der Waals surface area contributed by atoms with Gasteiger partial charge >= 0.3 is 11.7 Å². The summed E-state index contributed by atoms with van der Waals surface area (Å²) in [6.45, 7) is 3.31. The minimum Gasteiger partial charge on any atom is -0.493 e. The van der Waals surface area contributed by atoms with Gasteiger partial charge in [-0.3, -0.25) is 23.5 Å². The number of nitrogens with zero attached hydrogens (tertiary/aromatic N) is 2. The lowest BCUT2D eigenvalue weighted by atomic mass is 10.1. The molecule has 0 bridgehead atoms. The van der Waals surface area contributed by atoms with Gasteiger partial charge in [0.2, 0.25) is 5.78 Å². The van der Waals surface area contributed by atoms with Crippen LogP contribution in [0, 0.1) is 5.92 Å². The number of aromatic nitrogens is 2. The molecular weight excluding hydrogens is 406 g/mol. The normalized spacial score (nSPS) is 10.7. The average molecular weight is 433 g/mol. The number of hydrogen-bond acceptors (Lipinski definition) is 8. The second-order valence-electron chi connectivity index (χ2n) is 7.24. The summed E-state index contributed by atoms with van der Waals surface area (Å²) >= 11 is 0. The van der Waals surface area contributed by atoms with E-state index in [-0.39, 0.29) is 36.9 Å². The monoisotopic (exact) mass is 433 g/mol. The van der Waals surface area contributed by atoms with Gasteiger partial charge in [0.1, 0.15) is 11.4 Å². The standard InChI is InChI=1S/C21H27N3O7/c1-13(2)11-24-19(22)18(20(27)23(3)21(24)28)14(25)12-31-17(26)9-10-30-16-8-6-5-7-15(16)29-4/h5-8,13H,9-12,22H2,1-4H3. The molecule has 0 unspecified atom stereocenters. The molecule has 0 atom stereocenters. The Kier molecular flexibility index (Phi) is 8.00. The van der Waals surface area contributed by atoms with E-state index in [4.69, 9.17) is 19.9 Å². The Morgan fingerprint density at radius 2 is 1.77 bits per heavy atom. The van der Waals surface area contributed by atoms with E-state index in [9.17, 15) is 19.2 Å². The number of rotatable bonds is 10. The summed E-state index contributed by atoms with van der Waals surface area (Å²) in [5, 5.41) is 0. The summed E-state index contributed by atoms with van der Waals surface area (Å²) in [5.74, 6) is -0.654. The van der Waals surface area contributed by atoms with Gasteiger partial charge in [-0.25, -0.2) is 4.79 Å². The van der Waals surface area contributed by atoms with Crippen molar-refractivity contribution in [3.63, 3.8) is 0 Å². The van der Waals surface area contributed by atoms with Gasteiger partial charge in [-0.2, -0.15) is 0 Å². The van der Waals surface area contributed by atoms with Gasteiger partial charge in [-0.1, -0.05) is 26.0 Å². The third-order valence-corrected chi connectivity index (χ3v) is 4.41. The zero-order valence-corrected chi connectivity index (χ0v) is 18.0. The predicted octanol–water partition coefficient (Wildman–Crippen LogP) is 0.989. The number of Topliss-reactive ketones (excluding diaryl/α,β-unsaturated/α-hetero) is 1. The van der Waals surface area contributed by atoms with Crippen molar-refractivity contribution in [1.29, 1.82) is 0 Å². The van der Waals surface area contributed by atoms with E-state index < -0.39 is 29.6 Å². The molecule has 0 saturated heterocycles. The summed E-state index contributed by atoms with van der Waals surface area (Å²) < 4.78 is 17.6. The zero-order valence-electron chi connectivity index (χ0n) is 18.0. The highest BCUT2D eigenvalue weighted by Crippen LogP contribution is 2.25. The SMILES string of the molecule is COc1ccccc1OCCC(=O)OCC(=O)c1c(N)n(CC(C)C)c(=O)n(C)c1=O. The van der Waals surface area contributed by atoms with Crippen LogP contribution in [-0.2, 0) is 23.1 Å². The average Bonchev–Trinajstić information content (AvgIpc) is 2.74. The Morgan fingerprint density at radius 3 is 2.39 bits per heavy atom. The maximum absolute atomic E-state index is 12.5. The van der Waals surface area contributed by atoms with Crippen molar-refractivity contribution in [2.24, 2.45) is 13.0 Å². The van der Waals surface area contributed by atoms with Crippen LogP contribution < -0.4 is 26.5 Å². The van der Waals surface area contributed by atoms with E-state index in [1.165, 1.54) is 18.7 Å². The van der Waals surface area contributed by atoms with E-state index in [1.807, 2.05) is 13.8 Å². The first kappa shape index (κ1) is 23.7. The van der Waals surface area contributed by atoms with Crippen LogP contribution in [-0.4, -0.2) is 41.2 Å². The van der Waals surface area contributed by atoms with Crippen molar-refractivity contribution < 1.29 is 23.8 Å². The Balaban J connectivity index is 2.02. The fourth-order valence-corrected chi connectivity index (χ4v) is 2.86. The first-order chi connectivity index (χ1) is 14.7. The Hall–Kier alpha value is -3.56. The molecule has 1 aromatic heterocycles. The van der Waals surface area contributed by atoms with Gasteiger partial charge in [-0.05, 0) is 18.1 Å². The Bertz CT molecular complexity index is 1070. The number of methoxy groups -OCH3 is 1. The number of esters is 1. The summed E-state index contributed by atoms with van der Waals surface area (Å²) in [6.07, 6.45) is -0.119. The number of benzene rings is 1.